The molecule has 0 aromatic rings. The molecule has 0 radical (unpaired) electrons. The Hall–Kier alpha value is -0.200. The smallest absolute Gasteiger partial charge is 0.00643 e. The second-order valence-corrected chi connectivity index (χ2v) is 13.9. The van der Waals surface area contributed by atoms with Crippen LogP contribution >= 0.6 is 0 Å². The summed E-state index contributed by atoms with van der Waals surface area (Å²) in [6, 6.07) is 1.68. The van der Waals surface area contributed by atoms with Gasteiger partial charge in [-0.05, 0) is 164 Å². The van der Waals surface area contributed by atoms with Crippen LogP contribution in [0, 0.1) is 17.8 Å². The molecule has 5 saturated heterocycles. The molecule has 43 heavy (non-hydrogen) atoms. The van der Waals surface area contributed by atoms with Crippen LogP contribution in [0.5, 0.6) is 0 Å². The second kappa shape index (κ2) is 30.5. The van der Waals surface area contributed by atoms with Gasteiger partial charge in [0, 0.05) is 25.2 Å². The van der Waals surface area contributed by atoms with E-state index in [1.165, 1.54) is 117 Å². The predicted molar refractivity (Wildman–Crippen MR) is 204 cm³/mol. The van der Waals surface area contributed by atoms with E-state index in [1.807, 2.05) is 0 Å². The molecule has 0 aromatic heterocycles. The first-order valence-electron chi connectivity index (χ1n) is 16.4. The van der Waals surface area contributed by atoms with E-state index in [4.69, 9.17) is 0 Å². The highest BCUT2D eigenvalue weighted by Gasteiger charge is 2.15. The van der Waals surface area contributed by atoms with Gasteiger partial charge < -0.3 is 24.5 Å². The second-order valence-electron chi connectivity index (χ2n) is 13.9. The Morgan fingerprint density at radius 2 is 0.721 bits per heavy atom. The van der Waals surface area contributed by atoms with E-state index in [-0.39, 0.29) is 37.1 Å². The monoisotopic (exact) mass is 618 g/mol. The minimum absolute atomic E-state index is 0. The number of hydrogen-bond donors (Lipinski definition) is 0. The van der Waals surface area contributed by atoms with Crippen molar-refractivity contribution < 1.29 is 0 Å². The first kappa shape index (κ1) is 52.3. The highest BCUT2D eigenvalue weighted by molar-refractivity contribution is 4.71. The lowest BCUT2D eigenvalue weighted by Crippen LogP contribution is -2.33. The summed E-state index contributed by atoms with van der Waals surface area (Å²) in [5, 5.41) is 0. The van der Waals surface area contributed by atoms with E-state index in [9.17, 15) is 0 Å². The molecule has 268 valence electrons. The largest absolute Gasteiger partial charge is 0.306 e. The maximum absolute atomic E-state index is 2.43. The van der Waals surface area contributed by atoms with Crippen molar-refractivity contribution in [2.45, 2.75) is 148 Å². The first-order valence-corrected chi connectivity index (χ1v) is 16.4. The molecule has 0 bridgehead atoms. The Balaban J connectivity index is -0.000000136. The minimum atomic E-state index is 0. The summed E-state index contributed by atoms with van der Waals surface area (Å²) in [6.07, 6.45) is 14.1. The van der Waals surface area contributed by atoms with Gasteiger partial charge in [-0.25, -0.2) is 0 Å². The van der Waals surface area contributed by atoms with Crippen LogP contribution in [0.15, 0.2) is 0 Å². The Morgan fingerprint density at radius 1 is 0.349 bits per heavy atom. The third-order valence-electron chi connectivity index (χ3n) is 9.51. The lowest BCUT2D eigenvalue weighted by Gasteiger charge is -2.29. The number of nitrogens with zero attached hydrogens (tertiary/aromatic N) is 5. The summed E-state index contributed by atoms with van der Waals surface area (Å²) in [7, 11) is 11.0. The molecule has 5 aliphatic rings. The molecular formula is C38H91N5. The molecule has 5 nitrogen and oxygen atoms in total. The van der Waals surface area contributed by atoms with Crippen LogP contribution in [-0.4, -0.2) is 124 Å². The molecule has 0 N–H and O–H groups in total. The minimum Gasteiger partial charge on any atom is -0.306 e. The molecule has 5 heterocycles. The van der Waals surface area contributed by atoms with Gasteiger partial charge in [0.15, 0.2) is 0 Å². The van der Waals surface area contributed by atoms with Gasteiger partial charge in [0.25, 0.3) is 0 Å². The van der Waals surface area contributed by atoms with Crippen molar-refractivity contribution >= 4 is 0 Å². The molecule has 5 heteroatoms. The van der Waals surface area contributed by atoms with E-state index >= 15 is 0 Å². The SMILES string of the molecule is C.C.C.C.C.CC1CCCCN1C.CC1CCCN(C)C1.CC1CCCN1C.CC1CCN(C)C1.CC1CCN(C)CC1. The summed E-state index contributed by atoms with van der Waals surface area (Å²) >= 11 is 0. The van der Waals surface area contributed by atoms with Crippen LogP contribution in [0.3, 0.4) is 0 Å². The van der Waals surface area contributed by atoms with Crippen molar-refractivity contribution in [3.63, 3.8) is 0 Å². The molecule has 5 aliphatic heterocycles. The molecule has 0 aliphatic carbocycles. The van der Waals surface area contributed by atoms with Crippen molar-refractivity contribution in [3.8, 4) is 0 Å². The third-order valence-corrected chi connectivity index (χ3v) is 9.51. The Bertz CT molecular complexity index is 506. The van der Waals surface area contributed by atoms with Crippen LogP contribution < -0.4 is 0 Å². The predicted octanol–water partition coefficient (Wildman–Crippen LogP) is 9.43. The standard InChI is InChI=1S/3C7H15N.2C6H13N.5CH4/c1-7-3-5-8(2)6-4-7;1-7-4-3-5-8(2)6-7;1-7-5-3-4-6-8(7)2;1-6-3-4-7(2)5-6;1-6-4-3-5-7(6)2;;;;;/h3*7H,3-6H2,1-2H3;2*6H,3-5H2,1-2H3;5*1H4. The number of likely N-dealkylation sites (tertiary alicyclic amines) is 5. The van der Waals surface area contributed by atoms with Crippen molar-refractivity contribution in [3.05, 3.63) is 0 Å². The van der Waals surface area contributed by atoms with Crippen LogP contribution in [-0.2, 0) is 0 Å². The molecular weight excluding hydrogens is 526 g/mol. The van der Waals surface area contributed by atoms with Crippen molar-refractivity contribution in [2.24, 2.45) is 17.8 Å². The lowest BCUT2D eigenvalue weighted by atomic mass is 10.00. The molecule has 5 rings (SSSR count). The van der Waals surface area contributed by atoms with Gasteiger partial charge in [0.1, 0.15) is 0 Å². The normalized spacial score (nSPS) is 28.3. The Morgan fingerprint density at radius 3 is 0.977 bits per heavy atom. The number of piperidine rings is 3. The molecule has 0 amide bonds. The van der Waals surface area contributed by atoms with Crippen LogP contribution in [0.25, 0.3) is 0 Å². The number of rotatable bonds is 0. The third kappa shape index (κ3) is 26.7. The van der Waals surface area contributed by atoms with E-state index < -0.39 is 0 Å². The molecule has 5 fully saturated rings. The Labute approximate surface area is 277 Å². The number of hydrogen-bond acceptors (Lipinski definition) is 5. The molecule has 0 saturated carbocycles. The molecule has 0 spiro atoms. The topological polar surface area (TPSA) is 16.2 Å². The fraction of sp³-hybridized carbons (Fsp3) is 1.00. The van der Waals surface area contributed by atoms with Gasteiger partial charge in [-0.15, -0.1) is 0 Å². The van der Waals surface area contributed by atoms with Gasteiger partial charge in [-0.3, -0.25) is 0 Å². The summed E-state index contributed by atoms with van der Waals surface area (Å²) < 4.78 is 0. The van der Waals surface area contributed by atoms with Gasteiger partial charge >= 0.3 is 0 Å². The quantitative estimate of drug-likeness (QED) is 0.268. The maximum atomic E-state index is 2.43. The van der Waals surface area contributed by atoms with Gasteiger partial charge in [0.05, 0.1) is 0 Å². The van der Waals surface area contributed by atoms with Crippen molar-refractivity contribution in [1.29, 1.82) is 0 Å². The van der Waals surface area contributed by atoms with Gasteiger partial charge in [-0.1, -0.05) is 64.3 Å². The van der Waals surface area contributed by atoms with Crippen LogP contribution in [0.1, 0.15) is 136 Å². The fourth-order valence-corrected chi connectivity index (χ4v) is 6.04. The van der Waals surface area contributed by atoms with E-state index in [0.29, 0.717) is 0 Å². The van der Waals surface area contributed by atoms with Gasteiger partial charge in [0.2, 0.25) is 0 Å². The van der Waals surface area contributed by atoms with Crippen molar-refractivity contribution in [1.82, 2.24) is 24.5 Å². The molecule has 4 unspecified atom stereocenters. The highest BCUT2D eigenvalue weighted by atomic mass is 15.1. The van der Waals surface area contributed by atoms with Gasteiger partial charge in [-0.2, -0.15) is 0 Å². The van der Waals surface area contributed by atoms with E-state index in [1.54, 1.807) is 0 Å². The Kier molecular flexibility index (Phi) is 37.1. The molecule has 4 atom stereocenters. The summed E-state index contributed by atoms with van der Waals surface area (Å²) in [4.78, 5) is 12.0. The lowest BCUT2D eigenvalue weighted by molar-refractivity contribution is 0.200. The summed E-state index contributed by atoms with van der Waals surface area (Å²) in [5.74, 6) is 2.87. The summed E-state index contributed by atoms with van der Waals surface area (Å²) in [6.45, 7) is 22.0. The first-order chi connectivity index (χ1) is 18.0. The summed E-state index contributed by atoms with van der Waals surface area (Å²) in [5.41, 5.74) is 0. The van der Waals surface area contributed by atoms with Crippen molar-refractivity contribution in [2.75, 3.05) is 87.6 Å². The van der Waals surface area contributed by atoms with Crippen LogP contribution in [0.2, 0.25) is 0 Å². The fourth-order valence-electron chi connectivity index (χ4n) is 6.04. The maximum Gasteiger partial charge on any atom is 0.00643 e. The zero-order valence-electron chi connectivity index (χ0n) is 27.9. The van der Waals surface area contributed by atoms with E-state index in [0.717, 1.165) is 29.8 Å². The molecule has 0 aromatic carbocycles. The van der Waals surface area contributed by atoms with E-state index in [2.05, 4.69) is 94.4 Å². The average molecular weight is 618 g/mol. The van der Waals surface area contributed by atoms with Crippen LogP contribution in [0.4, 0.5) is 0 Å². The zero-order valence-corrected chi connectivity index (χ0v) is 27.9. The zero-order chi connectivity index (χ0) is 28.5. The highest BCUT2D eigenvalue weighted by Crippen LogP contribution is 2.15. The average Bonchev–Trinajstić information content (AvgIpc) is 3.44.